The maximum Gasteiger partial charge on any atom is 0.0754 e. The summed E-state index contributed by atoms with van der Waals surface area (Å²) < 4.78 is 3.40. The monoisotopic (exact) mass is 684 g/mol. The summed E-state index contributed by atoms with van der Waals surface area (Å²) in [5, 5.41) is 2.96. The molecule has 0 fully saturated rings. The first-order valence-electron chi connectivity index (χ1n) is 15.8. The predicted octanol–water partition coefficient (Wildman–Crippen LogP) is 12.3. The van der Waals surface area contributed by atoms with Crippen LogP contribution >= 0.6 is 27.5 Å². The van der Waals surface area contributed by atoms with Crippen LogP contribution in [0.25, 0.3) is 38.6 Å². The van der Waals surface area contributed by atoms with Gasteiger partial charge in [0, 0.05) is 26.6 Å². The highest BCUT2D eigenvalue weighted by molar-refractivity contribution is 9.10. The van der Waals surface area contributed by atoms with E-state index < -0.39 is 5.41 Å². The zero-order valence-electron chi connectivity index (χ0n) is 25.2. The fourth-order valence-electron chi connectivity index (χ4n) is 8.35. The molecule has 47 heavy (non-hydrogen) atoms. The molecular formula is C43H26BrClN2. The minimum atomic E-state index is -0.541. The standard InChI is InChI=1S/C43H26BrClN2/c44-27-22-23-35-40(24-27)47(29-14-5-2-6-15-29)41-26-39-32(42-37(45)20-11-21-38(42)46(39)28-12-3-1-4-13-28)25-36(41)43(35)33-18-9-7-16-30(33)31-17-8-10-19-34(31)43/h1-26H. The van der Waals surface area contributed by atoms with Gasteiger partial charge in [0.15, 0.2) is 0 Å². The average Bonchev–Trinajstić information content (AvgIpc) is 3.60. The SMILES string of the molecule is Clc1cccc2c1c1cc3c(cc1n2-c1ccccc1)N(c1ccccc1)c1cc(Br)ccc1C31c2ccccc2-c2ccccc21. The van der Waals surface area contributed by atoms with E-state index in [4.69, 9.17) is 11.6 Å². The van der Waals surface area contributed by atoms with Crippen molar-refractivity contribution in [1.82, 2.24) is 4.57 Å². The Bertz CT molecular complexity index is 2510. The summed E-state index contributed by atoms with van der Waals surface area (Å²) in [6.45, 7) is 0. The van der Waals surface area contributed by atoms with Crippen molar-refractivity contribution in [3.8, 4) is 16.8 Å². The minimum Gasteiger partial charge on any atom is -0.310 e. The van der Waals surface area contributed by atoms with Crippen molar-refractivity contribution < 1.29 is 0 Å². The van der Waals surface area contributed by atoms with E-state index in [9.17, 15) is 0 Å². The van der Waals surface area contributed by atoms with E-state index in [2.05, 4.69) is 177 Å². The molecule has 2 nitrogen and oxygen atoms in total. The number of rotatable bonds is 2. The molecule has 1 aliphatic carbocycles. The van der Waals surface area contributed by atoms with Crippen LogP contribution in [0.3, 0.4) is 0 Å². The number of para-hydroxylation sites is 2. The molecule has 0 saturated heterocycles. The Hall–Kier alpha value is -5.09. The first kappa shape index (κ1) is 27.1. The molecule has 4 heteroatoms. The number of halogens is 2. The Balaban J connectivity index is 1.45. The number of benzene rings is 7. The first-order chi connectivity index (χ1) is 23.2. The van der Waals surface area contributed by atoms with Crippen molar-refractivity contribution in [1.29, 1.82) is 0 Å². The number of hydrogen-bond donors (Lipinski definition) is 0. The van der Waals surface area contributed by atoms with Crippen LogP contribution in [0.4, 0.5) is 17.1 Å². The van der Waals surface area contributed by atoms with E-state index in [0.29, 0.717) is 0 Å². The number of hydrogen-bond acceptors (Lipinski definition) is 1. The minimum absolute atomic E-state index is 0.541. The van der Waals surface area contributed by atoms with Gasteiger partial charge in [-0.1, -0.05) is 125 Å². The molecule has 0 bridgehead atoms. The molecule has 1 aliphatic heterocycles. The van der Waals surface area contributed by atoms with Gasteiger partial charge in [-0.3, -0.25) is 0 Å². The molecule has 1 aromatic heterocycles. The molecule has 222 valence electrons. The molecule has 1 spiro atoms. The van der Waals surface area contributed by atoms with Gasteiger partial charge in [-0.25, -0.2) is 0 Å². The van der Waals surface area contributed by atoms with E-state index >= 15 is 0 Å². The second kappa shape index (κ2) is 9.95. The van der Waals surface area contributed by atoms with Crippen molar-refractivity contribution in [2.24, 2.45) is 0 Å². The molecule has 0 saturated carbocycles. The van der Waals surface area contributed by atoms with Crippen LogP contribution in [-0.2, 0) is 5.41 Å². The Kier molecular flexibility index (Phi) is 5.73. The Labute approximate surface area is 286 Å². The number of nitrogens with zero attached hydrogens (tertiary/aromatic N) is 2. The molecular weight excluding hydrogens is 660 g/mol. The molecule has 0 radical (unpaired) electrons. The maximum absolute atomic E-state index is 7.13. The third kappa shape index (κ3) is 3.56. The van der Waals surface area contributed by atoms with Gasteiger partial charge in [0.25, 0.3) is 0 Å². The van der Waals surface area contributed by atoms with Gasteiger partial charge >= 0.3 is 0 Å². The molecule has 7 aromatic carbocycles. The van der Waals surface area contributed by atoms with Crippen LogP contribution in [0.5, 0.6) is 0 Å². The van der Waals surface area contributed by atoms with Crippen LogP contribution in [0.1, 0.15) is 22.3 Å². The van der Waals surface area contributed by atoms with Gasteiger partial charge in [0.05, 0.1) is 32.8 Å². The van der Waals surface area contributed by atoms with E-state index in [1.54, 1.807) is 0 Å². The molecule has 0 atom stereocenters. The van der Waals surface area contributed by atoms with Crippen LogP contribution in [0.2, 0.25) is 5.02 Å². The second-order valence-electron chi connectivity index (χ2n) is 12.4. The van der Waals surface area contributed by atoms with E-state index in [0.717, 1.165) is 54.1 Å². The van der Waals surface area contributed by atoms with Crippen molar-refractivity contribution >= 4 is 66.4 Å². The number of anilines is 3. The molecule has 0 N–H and O–H groups in total. The summed E-state index contributed by atoms with van der Waals surface area (Å²) in [5.74, 6) is 0. The number of fused-ring (bicyclic) bond motifs is 12. The summed E-state index contributed by atoms with van der Waals surface area (Å²) >= 11 is 11.0. The van der Waals surface area contributed by atoms with Crippen LogP contribution in [0, 0.1) is 0 Å². The van der Waals surface area contributed by atoms with Crippen molar-refractivity contribution in [3.05, 3.63) is 189 Å². The zero-order valence-corrected chi connectivity index (χ0v) is 27.5. The highest BCUT2D eigenvalue weighted by Gasteiger charge is 2.52. The zero-order chi connectivity index (χ0) is 31.3. The highest BCUT2D eigenvalue weighted by Crippen LogP contribution is 2.64. The lowest BCUT2D eigenvalue weighted by Crippen LogP contribution is -2.36. The van der Waals surface area contributed by atoms with E-state index in [1.165, 1.54) is 33.4 Å². The van der Waals surface area contributed by atoms with E-state index in [1.807, 2.05) is 6.07 Å². The lowest BCUT2D eigenvalue weighted by molar-refractivity contribution is 0.754. The smallest absolute Gasteiger partial charge is 0.0754 e. The van der Waals surface area contributed by atoms with Gasteiger partial charge in [0.1, 0.15) is 0 Å². The van der Waals surface area contributed by atoms with Crippen molar-refractivity contribution in [2.75, 3.05) is 4.90 Å². The number of aromatic nitrogens is 1. The van der Waals surface area contributed by atoms with E-state index in [-0.39, 0.29) is 0 Å². The summed E-state index contributed by atoms with van der Waals surface area (Å²) in [4.78, 5) is 2.44. The lowest BCUT2D eigenvalue weighted by Gasteiger charge is -2.45. The fraction of sp³-hybridized carbons (Fsp3) is 0.0233. The van der Waals surface area contributed by atoms with Crippen molar-refractivity contribution in [2.45, 2.75) is 5.41 Å². The fourth-order valence-corrected chi connectivity index (χ4v) is 8.97. The van der Waals surface area contributed by atoms with Gasteiger partial charge in [0.2, 0.25) is 0 Å². The summed E-state index contributed by atoms with van der Waals surface area (Å²) in [6, 6.07) is 57.1. The second-order valence-corrected chi connectivity index (χ2v) is 13.7. The normalized spacial score (nSPS) is 13.9. The van der Waals surface area contributed by atoms with Crippen LogP contribution < -0.4 is 4.90 Å². The lowest BCUT2D eigenvalue weighted by atomic mass is 9.64. The predicted molar refractivity (Wildman–Crippen MR) is 199 cm³/mol. The topological polar surface area (TPSA) is 8.17 Å². The Morgan fingerprint density at radius 3 is 1.81 bits per heavy atom. The molecule has 10 rings (SSSR count). The maximum atomic E-state index is 7.13. The summed E-state index contributed by atoms with van der Waals surface area (Å²) in [6.07, 6.45) is 0. The largest absolute Gasteiger partial charge is 0.310 e. The first-order valence-corrected chi connectivity index (χ1v) is 17.0. The Morgan fingerprint density at radius 2 is 1.11 bits per heavy atom. The molecule has 0 unspecified atom stereocenters. The van der Waals surface area contributed by atoms with Gasteiger partial charge in [-0.05, 0) is 94.0 Å². The van der Waals surface area contributed by atoms with Crippen LogP contribution in [0.15, 0.2) is 162 Å². The third-order valence-electron chi connectivity index (χ3n) is 10.1. The van der Waals surface area contributed by atoms with Crippen LogP contribution in [-0.4, -0.2) is 4.57 Å². The third-order valence-corrected chi connectivity index (χ3v) is 10.9. The van der Waals surface area contributed by atoms with Gasteiger partial charge in [-0.15, -0.1) is 0 Å². The molecule has 2 heterocycles. The highest BCUT2D eigenvalue weighted by atomic mass is 79.9. The summed E-state index contributed by atoms with van der Waals surface area (Å²) in [5.41, 5.74) is 13.9. The molecule has 2 aliphatic rings. The molecule has 8 aromatic rings. The molecule has 0 amide bonds. The van der Waals surface area contributed by atoms with Crippen molar-refractivity contribution in [3.63, 3.8) is 0 Å². The Morgan fingerprint density at radius 1 is 0.489 bits per heavy atom. The summed E-state index contributed by atoms with van der Waals surface area (Å²) in [7, 11) is 0. The quantitative estimate of drug-likeness (QED) is 0.176. The van der Waals surface area contributed by atoms with Gasteiger partial charge in [-0.2, -0.15) is 0 Å². The average molecular weight is 686 g/mol. The van der Waals surface area contributed by atoms with Gasteiger partial charge < -0.3 is 9.47 Å².